The van der Waals surface area contributed by atoms with Crippen molar-refractivity contribution < 1.29 is 47.7 Å². The Labute approximate surface area is 273 Å². The van der Waals surface area contributed by atoms with Crippen molar-refractivity contribution in [1.82, 2.24) is 9.80 Å². The SMILES string of the molecule is O=C(CCSCCSCCSCCC(=O)OCCN1C(=O)[C@@H]2C3C=CC(O3)[C@@H]2C1=O)OCCN1C(=O)[C@@H]2C3C=CC(O3)[C@@H]2C1=O. The van der Waals surface area contributed by atoms with Gasteiger partial charge in [-0.1, -0.05) is 24.3 Å². The molecule has 0 aromatic heterocycles. The molecule has 0 aromatic rings. The molecule has 6 rings (SSSR count). The molecule has 244 valence electrons. The summed E-state index contributed by atoms with van der Waals surface area (Å²) in [6, 6.07) is 0. The summed E-state index contributed by atoms with van der Waals surface area (Å²) in [5, 5.41) is 0. The fourth-order valence-corrected chi connectivity index (χ4v) is 9.79. The lowest BCUT2D eigenvalue weighted by Crippen LogP contribution is -2.37. The number of carbonyl (C=O) groups excluding carboxylic acids is 6. The molecular weight excluding hydrogens is 645 g/mol. The second-order valence-corrected chi connectivity index (χ2v) is 15.1. The van der Waals surface area contributed by atoms with Crippen molar-refractivity contribution >= 4 is 70.9 Å². The molecule has 6 aliphatic rings. The summed E-state index contributed by atoms with van der Waals surface area (Å²) in [7, 11) is 0. The Morgan fingerprint density at radius 2 is 0.867 bits per heavy atom. The van der Waals surface area contributed by atoms with Gasteiger partial charge in [0.05, 0.1) is 74.0 Å². The Hall–Kier alpha value is -2.33. The molecule has 0 radical (unpaired) electrons. The summed E-state index contributed by atoms with van der Waals surface area (Å²) in [6.07, 6.45) is 6.63. The van der Waals surface area contributed by atoms with E-state index in [2.05, 4.69) is 0 Å². The maximum atomic E-state index is 12.6. The van der Waals surface area contributed by atoms with Crippen LogP contribution in [0.3, 0.4) is 0 Å². The topological polar surface area (TPSA) is 146 Å². The van der Waals surface area contributed by atoms with Crippen molar-refractivity contribution in [2.75, 3.05) is 60.8 Å². The summed E-state index contributed by atoms with van der Waals surface area (Å²) in [5.41, 5.74) is 0. The van der Waals surface area contributed by atoms with Gasteiger partial charge in [0.1, 0.15) is 13.2 Å². The summed E-state index contributed by atoms with van der Waals surface area (Å²) < 4.78 is 21.7. The molecule has 4 amide bonds. The molecule has 45 heavy (non-hydrogen) atoms. The zero-order chi connectivity index (χ0) is 31.5. The number of ether oxygens (including phenoxy) is 4. The minimum absolute atomic E-state index is 0.00560. The molecule has 6 aliphatic heterocycles. The van der Waals surface area contributed by atoms with Crippen LogP contribution in [-0.4, -0.2) is 131 Å². The Bertz CT molecular complexity index is 1120. The fourth-order valence-electron chi connectivity index (χ4n) is 6.67. The van der Waals surface area contributed by atoms with Gasteiger partial charge >= 0.3 is 11.9 Å². The van der Waals surface area contributed by atoms with E-state index < -0.39 is 23.7 Å². The largest absolute Gasteiger partial charge is 0.464 e. The number of rotatable bonds is 18. The number of esters is 2. The molecular formula is C30H36N2O10S3. The average molecular weight is 681 g/mol. The highest BCUT2D eigenvalue weighted by molar-refractivity contribution is 8.04. The van der Waals surface area contributed by atoms with E-state index >= 15 is 0 Å². The Kier molecular flexibility index (Phi) is 10.6. The molecule has 12 nitrogen and oxygen atoms in total. The zero-order valence-electron chi connectivity index (χ0n) is 24.6. The molecule has 4 fully saturated rings. The van der Waals surface area contributed by atoms with Gasteiger partial charge in [0.2, 0.25) is 23.6 Å². The molecule has 0 spiro atoms. The van der Waals surface area contributed by atoms with Crippen molar-refractivity contribution in [3.05, 3.63) is 24.3 Å². The number of fused-ring (bicyclic) bond motifs is 10. The number of thioether (sulfide) groups is 3. The van der Waals surface area contributed by atoms with Crippen LogP contribution >= 0.6 is 35.3 Å². The van der Waals surface area contributed by atoms with Crippen LogP contribution in [0.1, 0.15) is 12.8 Å². The third-order valence-corrected chi connectivity index (χ3v) is 12.3. The molecule has 0 aliphatic carbocycles. The van der Waals surface area contributed by atoms with E-state index in [9.17, 15) is 28.8 Å². The molecule has 0 aromatic carbocycles. The maximum absolute atomic E-state index is 12.6. The highest BCUT2D eigenvalue weighted by Crippen LogP contribution is 2.46. The number of amides is 4. The first-order valence-corrected chi connectivity index (χ1v) is 18.7. The molecule has 6 heterocycles. The normalized spacial score (nSPS) is 31.9. The van der Waals surface area contributed by atoms with Gasteiger partial charge in [0, 0.05) is 34.5 Å². The van der Waals surface area contributed by atoms with Crippen LogP contribution in [0.4, 0.5) is 0 Å². The molecule has 4 bridgehead atoms. The van der Waals surface area contributed by atoms with Crippen LogP contribution in [0.15, 0.2) is 24.3 Å². The summed E-state index contributed by atoms with van der Waals surface area (Å²) >= 11 is 5.16. The lowest BCUT2D eigenvalue weighted by atomic mass is 9.85. The summed E-state index contributed by atoms with van der Waals surface area (Å²) in [6.45, 7) is 0.174. The fraction of sp³-hybridized carbons (Fsp3) is 0.667. The van der Waals surface area contributed by atoms with E-state index in [4.69, 9.17) is 18.9 Å². The van der Waals surface area contributed by atoms with Gasteiger partial charge in [-0.2, -0.15) is 35.3 Å². The zero-order valence-corrected chi connectivity index (χ0v) is 27.1. The standard InChI is InChI=1S/C30H36N2O10S3/c33-21(39-9-7-31-27(35)23-17-1-2-18(41-17)24(23)28(31)36)5-11-43-13-15-45-16-14-44-12-6-22(34)40-10-8-32-29(37)25-19-3-4-20(42-19)26(25)30(32)38/h1-4,17-20,23-26H,5-16H2/t17?,18?,19?,20?,23-,24+,25-,26+. The van der Waals surface area contributed by atoms with Crippen LogP contribution in [0.5, 0.6) is 0 Å². The van der Waals surface area contributed by atoms with E-state index in [1.165, 1.54) is 9.80 Å². The Morgan fingerprint density at radius 3 is 1.20 bits per heavy atom. The van der Waals surface area contributed by atoms with Crippen LogP contribution < -0.4 is 0 Å². The van der Waals surface area contributed by atoms with Gasteiger partial charge in [0.15, 0.2) is 0 Å². The molecule has 4 unspecified atom stereocenters. The van der Waals surface area contributed by atoms with Crippen molar-refractivity contribution in [1.29, 1.82) is 0 Å². The molecule has 15 heteroatoms. The number of carbonyl (C=O) groups is 6. The van der Waals surface area contributed by atoms with Crippen molar-refractivity contribution in [2.24, 2.45) is 23.7 Å². The van der Waals surface area contributed by atoms with Gasteiger partial charge in [-0.15, -0.1) is 0 Å². The number of likely N-dealkylation sites (tertiary alicyclic amines) is 2. The monoisotopic (exact) mass is 680 g/mol. The number of imide groups is 2. The van der Waals surface area contributed by atoms with E-state index in [-0.39, 0.29) is 99.1 Å². The third-order valence-electron chi connectivity index (χ3n) is 8.80. The highest BCUT2D eigenvalue weighted by Gasteiger charge is 2.61. The summed E-state index contributed by atoms with van der Waals surface area (Å²) in [4.78, 5) is 76.9. The van der Waals surface area contributed by atoms with Crippen molar-refractivity contribution in [2.45, 2.75) is 37.3 Å². The van der Waals surface area contributed by atoms with Gasteiger partial charge in [0.25, 0.3) is 0 Å². The Morgan fingerprint density at radius 1 is 0.556 bits per heavy atom. The summed E-state index contributed by atoms with van der Waals surface area (Å²) in [5.74, 6) is 1.59. The number of hydrogen-bond acceptors (Lipinski definition) is 13. The quantitative estimate of drug-likeness (QED) is 0.0877. The van der Waals surface area contributed by atoms with Crippen LogP contribution in [0.2, 0.25) is 0 Å². The molecule has 4 saturated heterocycles. The van der Waals surface area contributed by atoms with E-state index in [0.717, 1.165) is 23.0 Å². The van der Waals surface area contributed by atoms with Crippen LogP contribution in [0, 0.1) is 23.7 Å². The second kappa shape index (κ2) is 14.6. The minimum atomic E-state index is -0.440. The number of hydrogen-bond donors (Lipinski definition) is 0. The average Bonchev–Trinajstić information content (AvgIpc) is 3.88. The first kappa shape index (κ1) is 32.6. The molecule has 0 N–H and O–H groups in total. The minimum Gasteiger partial charge on any atom is -0.464 e. The predicted octanol–water partition coefficient (Wildman–Crippen LogP) is 0.929. The lowest BCUT2D eigenvalue weighted by Gasteiger charge is -2.17. The van der Waals surface area contributed by atoms with E-state index in [1.54, 1.807) is 23.5 Å². The van der Waals surface area contributed by atoms with Gasteiger partial charge in [-0.05, 0) is 0 Å². The van der Waals surface area contributed by atoms with Gasteiger partial charge in [-0.3, -0.25) is 38.6 Å². The second-order valence-electron chi connectivity index (χ2n) is 11.4. The first-order valence-electron chi connectivity index (χ1n) is 15.3. The predicted molar refractivity (Wildman–Crippen MR) is 166 cm³/mol. The van der Waals surface area contributed by atoms with Crippen molar-refractivity contribution in [3.63, 3.8) is 0 Å². The highest BCUT2D eigenvalue weighted by atomic mass is 32.2. The van der Waals surface area contributed by atoms with Gasteiger partial charge < -0.3 is 18.9 Å². The smallest absolute Gasteiger partial charge is 0.306 e. The van der Waals surface area contributed by atoms with Crippen LogP contribution in [-0.2, 0) is 47.7 Å². The molecule has 8 atom stereocenters. The maximum Gasteiger partial charge on any atom is 0.306 e. The van der Waals surface area contributed by atoms with Crippen LogP contribution in [0.25, 0.3) is 0 Å². The Balaban J connectivity index is 0.713. The number of nitrogens with zero attached hydrogens (tertiary/aromatic N) is 2. The first-order chi connectivity index (χ1) is 21.8. The van der Waals surface area contributed by atoms with E-state index in [1.807, 2.05) is 36.1 Å². The van der Waals surface area contributed by atoms with Crippen molar-refractivity contribution in [3.8, 4) is 0 Å². The lowest BCUT2D eigenvalue weighted by molar-refractivity contribution is -0.149. The molecule has 0 saturated carbocycles. The van der Waals surface area contributed by atoms with Gasteiger partial charge in [-0.25, -0.2) is 0 Å². The third kappa shape index (κ3) is 6.87. The van der Waals surface area contributed by atoms with E-state index in [0.29, 0.717) is 11.5 Å².